The molecule has 0 N–H and O–H groups in total. The first-order valence-electron chi connectivity index (χ1n) is 14.6. The minimum Gasteiger partial charge on any atom is -0.369 e. The first kappa shape index (κ1) is 26.5. The van der Waals surface area contributed by atoms with Crippen molar-refractivity contribution in [2.24, 2.45) is 11.3 Å². The Hall–Kier alpha value is -3.71. The Morgan fingerprint density at radius 2 is 1.43 bits per heavy atom. The molecule has 2 fully saturated rings. The van der Waals surface area contributed by atoms with Gasteiger partial charge in [-0.25, -0.2) is 4.79 Å². The lowest BCUT2D eigenvalue weighted by atomic mass is 9.71. The van der Waals surface area contributed by atoms with E-state index in [4.69, 9.17) is 4.84 Å². The minimum absolute atomic E-state index is 0.442. The first-order valence-corrected chi connectivity index (χ1v) is 14.6. The summed E-state index contributed by atoms with van der Waals surface area (Å²) in [5.74, 6) is 0.396. The lowest BCUT2D eigenvalue weighted by Crippen LogP contribution is -2.51. The highest BCUT2D eigenvalue weighted by Gasteiger charge is 2.33. The number of carbonyl (C=O) groups is 1. The molecular weight excluding hydrogens is 498 g/mol. The second-order valence-corrected chi connectivity index (χ2v) is 12.3. The summed E-state index contributed by atoms with van der Waals surface area (Å²) in [6.45, 7) is 11.7. The number of hydrogen-bond donors (Lipinski definition) is 0. The van der Waals surface area contributed by atoms with Crippen LogP contribution in [0.2, 0.25) is 0 Å². The second kappa shape index (κ2) is 11.0. The van der Waals surface area contributed by atoms with Crippen LogP contribution in [-0.4, -0.2) is 58.2 Å². The summed E-state index contributed by atoms with van der Waals surface area (Å²) in [5.41, 5.74) is 5.69. The van der Waals surface area contributed by atoms with Gasteiger partial charge < -0.3 is 9.74 Å². The molecule has 0 unspecified atom stereocenters. The minimum atomic E-state index is -0.473. The normalized spacial score (nSPS) is 20.5. The third kappa shape index (κ3) is 5.61. The topological polar surface area (TPSA) is 63.5 Å². The Kier molecular flexibility index (Phi) is 7.32. The third-order valence-electron chi connectivity index (χ3n) is 8.93. The molecule has 3 aromatic carbocycles. The molecule has 1 aliphatic heterocycles. The van der Waals surface area contributed by atoms with Crippen molar-refractivity contribution in [3.8, 4) is 11.1 Å². The van der Waals surface area contributed by atoms with Crippen LogP contribution >= 0.6 is 0 Å². The maximum atomic E-state index is 12.7. The lowest BCUT2D eigenvalue weighted by Gasteiger charge is -2.44. The van der Waals surface area contributed by atoms with Crippen LogP contribution in [0, 0.1) is 11.3 Å². The van der Waals surface area contributed by atoms with Gasteiger partial charge in [-0.2, -0.15) is 0 Å². The molecule has 2 heterocycles. The van der Waals surface area contributed by atoms with Crippen molar-refractivity contribution in [3.63, 3.8) is 0 Å². The Labute approximate surface area is 236 Å². The molecule has 6 rings (SSSR count). The van der Waals surface area contributed by atoms with Crippen molar-refractivity contribution in [2.75, 3.05) is 31.1 Å². The molecule has 4 aromatic rings. The standard InChI is InChI=1S/C33H39N5O2/c1-33(2,3)27-14-18-29(19-15-27)37-22-20-36(21-23-37)28-16-12-25(13-17-28)24-8-10-26(11-9-24)32(39)40-38-31-7-5-4-6-30(31)34-35-38/h4-13,16-17,27,29H,14-15,18-23H2,1-3H3/t27-,29-. The van der Waals surface area contributed by atoms with Gasteiger partial charge in [0, 0.05) is 37.9 Å². The van der Waals surface area contributed by atoms with Gasteiger partial charge in [-0.05, 0) is 89.8 Å². The predicted molar refractivity (Wildman–Crippen MR) is 159 cm³/mol. The van der Waals surface area contributed by atoms with Gasteiger partial charge >= 0.3 is 5.97 Å². The molecule has 0 bridgehead atoms. The molecular formula is C33H39N5O2. The van der Waals surface area contributed by atoms with Crippen LogP contribution in [0.15, 0.2) is 72.8 Å². The Bertz CT molecular complexity index is 1440. The molecule has 1 saturated heterocycles. The SMILES string of the molecule is CC(C)(C)[C@H]1CC[C@H](N2CCN(c3ccc(-c4ccc(C(=O)On5nnc6ccccc65)cc4)cc3)CC2)CC1. The van der Waals surface area contributed by atoms with E-state index in [2.05, 4.69) is 65.1 Å². The summed E-state index contributed by atoms with van der Waals surface area (Å²) in [6, 6.07) is 24.4. The maximum absolute atomic E-state index is 12.7. The van der Waals surface area contributed by atoms with Crippen molar-refractivity contribution in [1.29, 1.82) is 0 Å². The van der Waals surface area contributed by atoms with Gasteiger partial charge in [-0.1, -0.05) is 62.0 Å². The lowest BCUT2D eigenvalue weighted by molar-refractivity contribution is 0.0409. The zero-order chi connectivity index (χ0) is 27.7. The van der Waals surface area contributed by atoms with E-state index in [-0.39, 0.29) is 0 Å². The van der Waals surface area contributed by atoms with E-state index in [9.17, 15) is 4.79 Å². The summed E-state index contributed by atoms with van der Waals surface area (Å²) in [4.78, 5) is 24.5. The molecule has 208 valence electrons. The van der Waals surface area contributed by atoms with Gasteiger partial charge in [-0.3, -0.25) is 4.90 Å². The zero-order valence-electron chi connectivity index (χ0n) is 23.8. The number of anilines is 1. The van der Waals surface area contributed by atoms with Gasteiger partial charge in [-0.15, -0.1) is 5.10 Å². The fourth-order valence-corrected chi connectivity index (χ4v) is 6.36. The van der Waals surface area contributed by atoms with Gasteiger partial charge in [0.05, 0.1) is 5.56 Å². The van der Waals surface area contributed by atoms with Crippen molar-refractivity contribution in [1.82, 2.24) is 20.1 Å². The third-order valence-corrected chi connectivity index (χ3v) is 8.93. The largest absolute Gasteiger partial charge is 0.369 e. The molecule has 0 spiro atoms. The Balaban J connectivity index is 1.02. The molecule has 1 saturated carbocycles. The van der Waals surface area contributed by atoms with E-state index in [1.165, 1.54) is 36.2 Å². The molecule has 7 nitrogen and oxygen atoms in total. The van der Waals surface area contributed by atoms with Crippen LogP contribution < -0.4 is 9.74 Å². The Morgan fingerprint density at radius 3 is 2.08 bits per heavy atom. The number of rotatable bonds is 5. The second-order valence-electron chi connectivity index (χ2n) is 12.3. The quantitative estimate of drug-likeness (QED) is 0.287. The summed E-state index contributed by atoms with van der Waals surface area (Å²) >= 11 is 0. The highest BCUT2D eigenvalue weighted by molar-refractivity contribution is 5.90. The summed E-state index contributed by atoms with van der Waals surface area (Å²) < 4.78 is 0. The van der Waals surface area contributed by atoms with Crippen LogP contribution in [0.5, 0.6) is 0 Å². The number of nitrogens with zero attached hydrogens (tertiary/aromatic N) is 5. The van der Waals surface area contributed by atoms with Gasteiger partial charge in [0.2, 0.25) is 0 Å². The molecule has 40 heavy (non-hydrogen) atoms. The fourth-order valence-electron chi connectivity index (χ4n) is 6.36. The molecule has 0 radical (unpaired) electrons. The van der Waals surface area contributed by atoms with Crippen molar-refractivity contribution < 1.29 is 9.63 Å². The van der Waals surface area contributed by atoms with Crippen molar-refractivity contribution >= 4 is 22.7 Å². The van der Waals surface area contributed by atoms with Gasteiger partial charge in [0.25, 0.3) is 0 Å². The van der Waals surface area contributed by atoms with E-state index >= 15 is 0 Å². The van der Waals surface area contributed by atoms with Crippen LogP contribution in [0.25, 0.3) is 22.2 Å². The molecule has 0 amide bonds. The number of fused-ring (bicyclic) bond motifs is 1. The van der Waals surface area contributed by atoms with E-state index in [1.807, 2.05) is 36.4 Å². The maximum Gasteiger partial charge on any atom is 0.365 e. The predicted octanol–water partition coefficient (Wildman–Crippen LogP) is 6.09. The highest BCUT2D eigenvalue weighted by Crippen LogP contribution is 2.39. The summed E-state index contributed by atoms with van der Waals surface area (Å²) in [7, 11) is 0. The van der Waals surface area contributed by atoms with Crippen LogP contribution in [0.4, 0.5) is 5.69 Å². The zero-order valence-corrected chi connectivity index (χ0v) is 23.8. The number of aromatic nitrogens is 3. The summed E-state index contributed by atoms with van der Waals surface area (Å²) in [6.07, 6.45) is 5.45. The molecule has 1 aromatic heterocycles. The molecule has 0 atom stereocenters. The van der Waals surface area contributed by atoms with Gasteiger partial charge in [0.1, 0.15) is 11.0 Å². The van der Waals surface area contributed by atoms with Crippen LogP contribution in [0.1, 0.15) is 56.8 Å². The van der Waals surface area contributed by atoms with E-state index in [0.29, 0.717) is 22.0 Å². The number of piperazine rings is 1. The van der Waals surface area contributed by atoms with E-state index in [0.717, 1.165) is 49.3 Å². The first-order chi connectivity index (χ1) is 19.3. The van der Waals surface area contributed by atoms with Crippen molar-refractivity contribution in [3.05, 3.63) is 78.4 Å². The monoisotopic (exact) mass is 537 g/mol. The number of para-hydroxylation sites is 1. The average Bonchev–Trinajstić information content (AvgIpc) is 3.40. The Morgan fingerprint density at radius 1 is 0.800 bits per heavy atom. The number of hydrogen-bond acceptors (Lipinski definition) is 6. The molecule has 7 heteroatoms. The van der Waals surface area contributed by atoms with Gasteiger partial charge in [0.15, 0.2) is 0 Å². The van der Waals surface area contributed by atoms with E-state index < -0.39 is 5.97 Å². The highest BCUT2D eigenvalue weighted by atomic mass is 16.7. The molecule has 2 aliphatic rings. The van der Waals surface area contributed by atoms with Crippen LogP contribution in [-0.2, 0) is 0 Å². The van der Waals surface area contributed by atoms with E-state index in [1.54, 1.807) is 12.1 Å². The average molecular weight is 538 g/mol. The number of carbonyl (C=O) groups excluding carboxylic acids is 1. The van der Waals surface area contributed by atoms with Crippen molar-refractivity contribution in [2.45, 2.75) is 52.5 Å². The van der Waals surface area contributed by atoms with Crippen LogP contribution in [0.3, 0.4) is 0 Å². The fraction of sp³-hybridized carbons (Fsp3) is 0.424. The number of benzene rings is 3. The summed E-state index contributed by atoms with van der Waals surface area (Å²) in [5, 5.41) is 7.95. The molecule has 1 aliphatic carbocycles. The smallest absolute Gasteiger partial charge is 0.365 e.